The molecule has 1 unspecified atom stereocenters. The van der Waals surface area contributed by atoms with Gasteiger partial charge in [-0.3, -0.25) is 4.79 Å². The molecule has 0 radical (unpaired) electrons. The van der Waals surface area contributed by atoms with E-state index in [1.807, 2.05) is 43.0 Å². The molecule has 1 saturated heterocycles. The predicted octanol–water partition coefficient (Wildman–Crippen LogP) is 1.66. The van der Waals surface area contributed by atoms with Gasteiger partial charge in [-0.15, -0.1) is 22.6 Å². The van der Waals surface area contributed by atoms with E-state index in [2.05, 4.69) is 15.4 Å². The molecule has 25 heavy (non-hydrogen) atoms. The average Bonchev–Trinajstić information content (AvgIpc) is 3.04. The molecule has 0 aliphatic carbocycles. The maximum Gasteiger partial charge on any atom is 0.246 e. The van der Waals surface area contributed by atoms with E-state index in [-0.39, 0.29) is 30.9 Å². The van der Waals surface area contributed by atoms with Crippen molar-refractivity contribution in [3.8, 4) is 11.4 Å². The Morgan fingerprint density at radius 3 is 2.52 bits per heavy atom. The zero-order chi connectivity index (χ0) is 17.1. The molecule has 2 N–H and O–H groups in total. The van der Waals surface area contributed by atoms with Gasteiger partial charge in [0.2, 0.25) is 11.7 Å². The minimum Gasteiger partial charge on any atom is -0.341 e. The fourth-order valence-electron chi connectivity index (χ4n) is 3.02. The number of tetrazole rings is 1. The highest BCUT2D eigenvalue weighted by molar-refractivity contribution is 5.85. The maximum atomic E-state index is 12.4. The van der Waals surface area contributed by atoms with Crippen LogP contribution in [0.4, 0.5) is 0 Å². The van der Waals surface area contributed by atoms with Gasteiger partial charge in [0.15, 0.2) is 0 Å². The highest BCUT2D eigenvalue weighted by Gasteiger charge is 2.25. The van der Waals surface area contributed by atoms with Gasteiger partial charge in [-0.1, -0.05) is 29.8 Å². The lowest BCUT2D eigenvalue weighted by atomic mass is 9.91. The molecule has 1 aromatic heterocycles. The number of nitrogens with zero attached hydrogens (tertiary/aromatic N) is 5. The van der Waals surface area contributed by atoms with Gasteiger partial charge >= 0.3 is 0 Å². The van der Waals surface area contributed by atoms with Gasteiger partial charge < -0.3 is 10.6 Å². The third-order valence-corrected chi connectivity index (χ3v) is 4.68. The fourth-order valence-corrected chi connectivity index (χ4v) is 3.02. The molecule has 0 saturated carbocycles. The van der Waals surface area contributed by atoms with Crippen molar-refractivity contribution in [2.75, 3.05) is 13.1 Å². The molecular formula is C17H25ClN6O. The Kier molecular flexibility index (Phi) is 6.50. The summed E-state index contributed by atoms with van der Waals surface area (Å²) in [6.45, 7) is 5.70. The van der Waals surface area contributed by atoms with Gasteiger partial charge in [0.1, 0.15) is 6.54 Å². The second kappa shape index (κ2) is 8.40. The topological polar surface area (TPSA) is 89.9 Å². The summed E-state index contributed by atoms with van der Waals surface area (Å²) in [6, 6.07) is 8.11. The highest BCUT2D eigenvalue weighted by atomic mass is 35.5. The van der Waals surface area contributed by atoms with E-state index in [4.69, 9.17) is 5.73 Å². The number of hydrogen-bond donors (Lipinski definition) is 1. The zero-order valence-corrected chi connectivity index (χ0v) is 15.4. The minimum absolute atomic E-state index is 0. The van der Waals surface area contributed by atoms with E-state index < -0.39 is 0 Å². The predicted molar refractivity (Wildman–Crippen MR) is 98.2 cm³/mol. The first-order valence-electron chi connectivity index (χ1n) is 8.41. The lowest BCUT2D eigenvalue weighted by Gasteiger charge is -2.33. The largest absolute Gasteiger partial charge is 0.341 e. The first-order valence-corrected chi connectivity index (χ1v) is 8.41. The molecule has 1 aliphatic heterocycles. The Morgan fingerprint density at radius 1 is 1.28 bits per heavy atom. The molecule has 0 spiro atoms. The van der Waals surface area contributed by atoms with Crippen LogP contribution in [0.5, 0.6) is 0 Å². The molecule has 136 valence electrons. The summed E-state index contributed by atoms with van der Waals surface area (Å²) >= 11 is 0. The molecule has 7 nitrogen and oxygen atoms in total. The molecule has 8 heteroatoms. The number of halogens is 1. The molecule has 1 fully saturated rings. The number of carbonyl (C=O) groups excluding carboxylic acids is 1. The highest BCUT2D eigenvalue weighted by Crippen LogP contribution is 2.20. The van der Waals surface area contributed by atoms with E-state index in [1.165, 1.54) is 10.4 Å². The van der Waals surface area contributed by atoms with Crippen molar-refractivity contribution < 1.29 is 4.79 Å². The third-order valence-electron chi connectivity index (χ3n) is 4.68. The number of carbonyl (C=O) groups is 1. The summed E-state index contributed by atoms with van der Waals surface area (Å²) in [6.07, 6.45) is 1.92. The number of amides is 1. The van der Waals surface area contributed by atoms with Crippen LogP contribution in [0.25, 0.3) is 11.4 Å². The van der Waals surface area contributed by atoms with Crippen LogP contribution in [-0.2, 0) is 11.3 Å². The van der Waals surface area contributed by atoms with Crippen LogP contribution >= 0.6 is 12.4 Å². The van der Waals surface area contributed by atoms with Crippen LogP contribution in [0.2, 0.25) is 0 Å². The molecule has 1 aliphatic rings. The number of aromatic nitrogens is 4. The SMILES string of the molecule is Cc1ccc(-c2nnn(CC(=O)N3CCC(C(C)N)CC3)n2)cc1.Cl. The molecule has 2 heterocycles. The summed E-state index contributed by atoms with van der Waals surface area (Å²) in [7, 11) is 0. The van der Waals surface area contributed by atoms with Crippen LogP contribution in [0.15, 0.2) is 24.3 Å². The van der Waals surface area contributed by atoms with Gasteiger partial charge in [0.25, 0.3) is 0 Å². The van der Waals surface area contributed by atoms with E-state index in [0.29, 0.717) is 11.7 Å². The van der Waals surface area contributed by atoms with Crippen LogP contribution < -0.4 is 5.73 Å². The molecule has 3 rings (SSSR count). The Morgan fingerprint density at radius 2 is 1.92 bits per heavy atom. The number of aryl methyl sites for hydroxylation is 1. The summed E-state index contributed by atoms with van der Waals surface area (Å²) in [5.41, 5.74) is 8.02. The average molecular weight is 365 g/mol. The lowest BCUT2D eigenvalue weighted by Crippen LogP contribution is -2.43. The molecule has 1 atom stereocenters. The van der Waals surface area contributed by atoms with Gasteiger partial charge in [0.05, 0.1) is 0 Å². The first-order chi connectivity index (χ1) is 11.5. The summed E-state index contributed by atoms with van der Waals surface area (Å²) in [4.78, 5) is 15.6. The normalized spacial score (nSPS) is 16.4. The van der Waals surface area contributed by atoms with Gasteiger partial charge in [0, 0.05) is 24.7 Å². The van der Waals surface area contributed by atoms with E-state index in [1.54, 1.807) is 0 Å². The van der Waals surface area contributed by atoms with Crippen molar-refractivity contribution in [3.63, 3.8) is 0 Å². The summed E-state index contributed by atoms with van der Waals surface area (Å²) in [5.74, 6) is 1.08. The summed E-state index contributed by atoms with van der Waals surface area (Å²) in [5, 5.41) is 12.4. The second-order valence-electron chi connectivity index (χ2n) is 6.59. The molecule has 1 aromatic carbocycles. The number of piperidine rings is 1. The number of hydrogen-bond acceptors (Lipinski definition) is 5. The number of benzene rings is 1. The van der Waals surface area contributed by atoms with Crippen LogP contribution in [0.3, 0.4) is 0 Å². The Labute approximate surface area is 154 Å². The van der Waals surface area contributed by atoms with Gasteiger partial charge in [-0.2, -0.15) is 4.80 Å². The molecule has 1 amide bonds. The first kappa shape index (κ1) is 19.3. The molecule has 2 aromatic rings. The van der Waals surface area contributed by atoms with Crippen molar-refractivity contribution in [2.45, 2.75) is 39.3 Å². The third kappa shape index (κ3) is 4.76. The van der Waals surface area contributed by atoms with Crippen molar-refractivity contribution in [3.05, 3.63) is 29.8 Å². The standard InChI is InChI=1S/C17H24N6O.ClH/c1-12-3-5-15(6-4-12)17-19-21-23(20-17)11-16(24)22-9-7-14(8-10-22)13(2)18;/h3-6,13-14H,7-11,18H2,1-2H3;1H. The zero-order valence-electron chi connectivity index (χ0n) is 14.6. The fraction of sp³-hybridized carbons (Fsp3) is 0.529. The number of rotatable bonds is 4. The van der Waals surface area contributed by atoms with Crippen LogP contribution in [0, 0.1) is 12.8 Å². The second-order valence-corrected chi connectivity index (χ2v) is 6.59. The molecule has 0 bridgehead atoms. The Hall–Kier alpha value is -1.99. The lowest BCUT2D eigenvalue weighted by molar-refractivity contribution is -0.133. The number of likely N-dealkylation sites (tertiary alicyclic amines) is 1. The smallest absolute Gasteiger partial charge is 0.246 e. The van der Waals surface area contributed by atoms with Crippen molar-refractivity contribution in [1.29, 1.82) is 0 Å². The summed E-state index contributed by atoms with van der Waals surface area (Å²) < 4.78 is 0. The van der Waals surface area contributed by atoms with Crippen molar-refractivity contribution in [2.24, 2.45) is 11.7 Å². The monoisotopic (exact) mass is 364 g/mol. The minimum atomic E-state index is 0. The molecular weight excluding hydrogens is 340 g/mol. The van der Waals surface area contributed by atoms with E-state index in [0.717, 1.165) is 31.5 Å². The van der Waals surface area contributed by atoms with E-state index >= 15 is 0 Å². The van der Waals surface area contributed by atoms with Crippen LogP contribution in [-0.4, -0.2) is 50.1 Å². The van der Waals surface area contributed by atoms with Gasteiger partial charge in [-0.05, 0) is 37.8 Å². The van der Waals surface area contributed by atoms with E-state index in [9.17, 15) is 4.79 Å². The Balaban J connectivity index is 0.00000225. The quantitative estimate of drug-likeness (QED) is 0.890. The van der Waals surface area contributed by atoms with Crippen molar-refractivity contribution in [1.82, 2.24) is 25.1 Å². The van der Waals surface area contributed by atoms with Crippen LogP contribution in [0.1, 0.15) is 25.3 Å². The van der Waals surface area contributed by atoms with Crippen molar-refractivity contribution >= 4 is 18.3 Å². The number of nitrogens with two attached hydrogens (primary N) is 1. The maximum absolute atomic E-state index is 12.4. The van der Waals surface area contributed by atoms with Gasteiger partial charge in [-0.25, -0.2) is 0 Å². The Bertz CT molecular complexity index is 691.